The summed E-state index contributed by atoms with van der Waals surface area (Å²) in [6, 6.07) is 9.32. The van der Waals surface area contributed by atoms with Crippen molar-refractivity contribution in [2.45, 2.75) is 25.8 Å². The molecule has 1 aliphatic rings. The molecule has 3 aromatic rings. The van der Waals surface area contributed by atoms with E-state index in [0.29, 0.717) is 12.2 Å². The number of imidazole rings is 1. The number of likely N-dealkylation sites (tertiary alicyclic amines) is 1. The summed E-state index contributed by atoms with van der Waals surface area (Å²) in [6.45, 7) is 4.34. The van der Waals surface area contributed by atoms with Gasteiger partial charge in [0.15, 0.2) is 5.65 Å². The van der Waals surface area contributed by atoms with Crippen molar-refractivity contribution in [1.29, 1.82) is 0 Å². The van der Waals surface area contributed by atoms with Gasteiger partial charge >= 0.3 is 0 Å². The monoisotopic (exact) mass is 321 g/mol. The highest BCUT2D eigenvalue weighted by atomic mass is 16.2. The lowest BCUT2D eigenvalue weighted by atomic mass is 10.1. The molecule has 4 rings (SSSR count). The Bertz CT molecular complexity index is 874. The minimum absolute atomic E-state index is 0.00427. The summed E-state index contributed by atoms with van der Waals surface area (Å²) in [5, 5.41) is 0. The lowest BCUT2D eigenvalue weighted by molar-refractivity contribution is 0.0784. The van der Waals surface area contributed by atoms with E-state index in [1.165, 1.54) is 0 Å². The zero-order chi connectivity index (χ0) is 16.5. The molecule has 0 radical (unpaired) electrons. The number of fused-ring (bicyclic) bond motifs is 1. The van der Waals surface area contributed by atoms with Crippen LogP contribution in [0.3, 0.4) is 0 Å². The smallest absolute Gasteiger partial charge is 0.272 e. The molecule has 4 heterocycles. The molecule has 3 aromatic heterocycles. The van der Waals surface area contributed by atoms with E-state index in [2.05, 4.69) is 21.5 Å². The molecule has 6 heteroatoms. The molecule has 0 unspecified atom stereocenters. The van der Waals surface area contributed by atoms with Crippen LogP contribution in [0.1, 0.15) is 35.6 Å². The van der Waals surface area contributed by atoms with E-state index >= 15 is 0 Å². The van der Waals surface area contributed by atoms with Gasteiger partial charge in [0.2, 0.25) is 0 Å². The lowest BCUT2D eigenvalue weighted by Gasteiger charge is -2.16. The van der Waals surface area contributed by atoms with E-state index in [9.17, 15) is 4.79 Å². The van der Waals surface area contributed by atoms with Crippen LogP contribution in [0.25, 0.3) is 11.2 Å². The SMILES string of the molecule is CCn1c([C@H]2CCN(C(=O)c3ccccn3)C2)nc2cccnc21. The molecule has 1 fully saturated rings. The Morgan fingerprint density at radius 3 is 2.88 bits per heavy atom. The number of aryl methyl sites for hydroxylation is 1. The Hall–Kier alpha value is -2.76. The Morgan fingerprint density at radius 1 is 1.21 bits per heavy atom. The number of rotatable bonds is 3. The molecule has 0 saturated carbocycles. The minimum Gasteiger partial charge on any atom is -0.337 e. The van der Waals surface area contributed by atoms with Crippen LogP contribution in [0, 0.1) is 0 Å². The van der Waals surface area contributed by atoms with Gasteiger partial charge in [0.05, 0.1) is 0 Å². The van der Waals surface area contributed by atoms with Crippen LogP contribution < -0.4 is 0 Å². The quantitative estimate of drug-likeness (QED) is 0.743. The van der Waals surface area contributed by atoms with E-state index < -0.39 is 0 Å². The predicted octanol–water partition coefficient (Wildman–Crippen LogP) is 2.48. The average Bonchev–Trinajstić information content (AvgIpc) is 3.26. The first kappa shape index (κ1) is 14.8. The fourth-order valence-electron chi connectivity index (χ4n) is 3.41. The van der Waals surface area contributed by atoms with Crippen molar-refractivity contribution in [2.24, 2.45) is 0 Å². The Balaban J connectivity index is 1.60. The highest BCUT2D eigenvalue weighted by Gasteiger charge is 2.31. The van der Waals surface area contributed by atoms with Crippen molar-refractivity contribution in [1.82, 2.24) is 24.4 Å². The summed E-state index contributed by atoms with van der Waals surface area (Å²) >= 11 is 0. The minimum atomic E-state index is -0.00427. The molecule has 1 aliphatic heterocycles. The number of nitrogens with zero attached hydrogens (tertiary/aromatic N) is 5. The van der Waals surface area contributed by atoms with E-state index in [1.807, 2.05) is 29.2 Å². The second-order valence-corrected chi connectivity index (χ2v) is 6.01. The van der Waals surface area contributed by atoms with Gasteiger partial charge < -0.3 is 9.47 Å². The van der Waals surface area contributed by atoms with Crippen molar-refractivity contribution in [3.8, 4) is 0 Å². The fourth-order valence-corrected chi connectivity index (χ4v) is 3.41. The third kappa shape index (κ3) is 2.44. The van der Waals surface area contributed by atoms with Crippen LogP contribution in [0.15, 0.2) is 42.7 Å². The molecular weight excluding hydrogens is 302 g/mol. The third-order valence-corrected chi connectivity index (χ3v) is 4.57. The zero-order valence-electron chi connectivity index (χ0n) is 13.6. The second-order valence-electron chi connectivity index (χ2n) is 6.01. The largest absolute Gasteiger partial charge is 0.337 e. The molecule has 0 N–H and O–H groups in total. The van der Waals surface area contributed by atoms with Crippen LogP contribution >= 0.6 is 0 Å². The van der Waals surface area contributed by atoms with E-state index in [-0.39, 0.29) is 11.8 Å². The molecule has 0 aromatic carbocycles. The summed E-state index contributed by atoms with van der Waals surface area (Å²) in [5.41, 5.74) is 2.34. The number of carbonyl (C=O) groups excluding carboxylic acids is 1. The van der Waals surface area contributed by atoms with Crippen LogP contribution in [-0.2, 0) is 6.54 Å². The molecule has 0 bridgehead atoms. The van der Waals surface area contributed by atoms with Crippen LogP contribution in [0.4, 0.5) is 0 Å². The van der Waals surface area contributed by atoms with Gasteiger partial charge in [-0.15, -0.1) is 0 Å². The summed E-state index contributed by atoms with van der Waals surface area (Å²) in [4.78, 5) is 27.9. The van der Waals surface area contributed by atoms with Crippen LogP contribution in [0.5, 0.6) is 0 Å². The molecule has 1 amide bonds. The standard InChI is InChI=1S/C18H19N5O/c1-2-23-16(21-14-7-5-10-20-17(14)23)13-8-11-22(12-13)18(24)15-6-3-4-9-19-15/h3-7,9-10,13H,2,8,11-12H2,1H3/t13-/m0/s1. The summed E-state index contributed by atoms with van der Waals surface area (Å²) in [7, 11) is 0. The molecule has 122 valence electrons. The van der Waals surface area contributed by atoms with Crippen molar-refractivity contribution in [3.05, 3.63) is 54.2 Å². The number of hydrogen-bond donors (Lipinski definition) is 0. The van der Waals surface area contributed by atoms with Gasteiger partial charge in [0.1, 0.15) is 17.0 Å². The van der Waals surface area contributed by atoms with Crippen molar-refractivity contribution in [2.75, 3.05) is 13.1 Å². The fraction of sp³-hybridized carbons (Fsp3) is 0.333. The number of carbonyl (C=O) groups is 1. The van der Waals surface area contributed by atoms with Crippen molar-refractivity contribution in [3.63, 3.8) is 0 Å². The Kier molecular flexibility index (Phi) is 3.72. The van der Waals surface area contributed by atoms with Crippen LogP contribution in [-0.4, -0.2) is 43.4 Å². The zero-order valence-corrected chi connectivity index (χ0v) is 13.6. The summed E-state index contributed by atoms with van der Waals surface area (Å²) < 4.78 is 2.16. The average molecular weight is 321 g/mol. The van der Waals surface area contributed by atoms with Crippen molar-refractivity contribution < 1.29 is 4.79 Å². The van der Waals surface area contributed by atoms with Gasteiger partial charge in [-0.25, -0.2) is 9.97 Å². The molecule has 1 atom stereocenters. The first-order valence-corrected chi connectivity index (χ1v) is 8.29. The van der Waals surface area contributed by atoms with Gasteiger partial charge in [-0.3, -0.25) is 9.78 Å². The number of amides is 1. The first-order chi connectivity index (χ1) is 11.8. The van der Waals surface area contributed by atoms with E-state index in [1.54, 1.807) is 18.5 Å². The molecule has 0 spiro atoms. The summed E-state index contributed by atoms with van der Waals surface area (Å²) in [5.74, 6) is 1.27. The maximum atomic E-state index is 12.6. The normalized spacial score (nSPS) is 17.5. The molecular formula is C18H19N5O. The highest BCUT2D eigenvalue weighted by molar-refractivity contribution is 5.92. The molecule has 6 nitrogen and oxygen atoms in total. The predicted molar refractivity (Wildman–Crippen MR) is 90.7 cm³/mol. The highest BCUT2D eigenvalue weighted by Crippen LogP contribution is 2.29. The number of aromatic nitrogens is 4. The van der Waals surface area contributed by atoms with E-state index in [4.69, 9.17) is 4.98 Å². The van der Waals surface area contributed by atoms with Gasteiger partial charge in [-0.05, 0) is 37.6 Å². The number of pyridine rings is 2. The second kappa shape index (κ2) is 6.03. The van der Waals surface area contributed by atoms with Gasteiger partial charge in [0.25, 0.3) is 5.91 Å². The van der Waals surface area contributed by atoms with Crippen molar-refractivity contribution >= 4 is 17.1 Å². The third-order valence-electron chi connectivity index (χ3n) is 4.57. The maximum absolute atomic E-state index is 12.6. The summed E-state index contributed by atoms with van der Waals surface area (Å²) in [6.07, 6.45) is 4.37. The van der Waals surface area contributed by atoms with Gasteiger partial charge in [-0.2, -0.15) is 0 Å². The number of hydrogen-bond acceptors (Lipinski definition) is 4. The van der Waals surface area contributed by atoms with E-state index in [0.717, 1.165) is 36.5 Å². The topological polar surface area (TPSA) is 63.9 Å². The van der Waals surface area contributed by atoms with Crippen LogP contribution in [0.2, 0.25) is 0 Å². The van der Waals surface area contributed by atoms with Gasteiger partial charge in [0, 0.05) is 37.9 Å². The Labute approximate surface area is 140 Å². The van der Waals surface area contributed by atoms with Gasteiger partial charge in [-0.1, -0.05) is 6.07 Å². The first-order valence-electron chi connectivity index (χ1n) is 8.29. The molecule has 1 saturated heterocycles. The lowest BCUT2D eigenvalue weighted by Crippen LogP contribution is -2.29. The maximum Gasteiger partial charge on any atom is 0.272 e. The molecule has 0 aliphatic carbocycles. The Morgan fingerprint density at radius 2 is 2.08 bits per heavy atom. The molecule has 24 heavy (non-hydrogen) atoms.